The molecule has 0 aliphatic heterocycles. The van der Waals surface area contributed by atoms with Gasteiger partial charge in [-0.1, -0.05) is 12.1 Å². The topological polar surface area (TPSA) is 90.1 Å². The van der Waals surface area contributed by atoms with Crippen LogP contribution in [-0.4, -0.2) is 34.3 Å². The zero-order valence-electron chi connectivity index (χ0n) is 16.3. The SMILES string of the molecule is COc1ccc(C(=O)C(CC(C)N)Nc2nc(Cc3ccc(F)cc3)ns2)cc1. The van der Waals surface area contributed by atoms with Gasteiger partial charge in [0.25, 0.3) is 0 Å². The Morgan fingerprint density at radius 1 is 1.21 bits per heavy atom. The number of ketones is 1. The zero-order chi connectivity index (χ0) is 20.8. The molecule has 0 saturated heterocycles. The Labute approximate surface area is 173 Å². The molecule has 0 aliphatic carbocycles. The summed E-state index contributed by atoms with van der Waals surface area (Å²) in [5.41, 5.74) is 7.44. The number of nitrogens with zero attached hydrogens (tertiary/aromatic N) is 2. The van der Waals surface area contributed by atoms with Crippen molar-refractivity contribution >= 4 is 22.4 Å². The number of carbonyl (C=O) groups is 1. The molecule has 2 aromatic carbocycles. The van der Waals surface area contributed by atoms with Gasteiger partial charge in [0.15, 0.2) is 5.78 Å². The van der Waals surface area contributed by atoms with Crippen molar-refractivity contribution in [3.05, 3.63) is 71.3 Å². The average molecular weight is 415 g/mol. The molecule has 0 aliphatic rings. The van der Waals surface area contributed by atoms with Crippen LogP contribution in [0.3, 0.4) is 0 Å². The number of rotatable bonds is 9. The van der Waals surface area contributed by atoms with E-state index >= 15 is 0 Å². The second-order valence-corrected chi connectivity index (χ2v) is 7.57. The highest BCUT2D eigenvalue weighted by molar-refractivity contribution is 7.09. The smallest absolute Gasteiger partial charge is 0.203 e. The van der Waals surface area contributed by atoms with Gasteiger partial charge >= 0.3 is 0 Å². The van der Waals surface area contributed by atoms with Crippen LogP contribution in [0.1, 0.15) is 35.1 Å². The zero-order valence-corrected chi connectivity index (χ0v) is 17.1. The predicted molar refractivity (Wildman–Crippen MR) is 112 cm³/mol. The minimum Gasteiger partial charge on any atom is -0.497 e. The van der Waals surface area contributed by atoms with Gasteiger partial charge in [-0.05, 0) is 55.3 Å². The lowest BCUT2D eigenvalue weighted by Gasteiger charge is -2.19. The van der Waals surface area contributed by atoms with E-state index in [1.54, 1.807) is 43.5 Å². The Bertz CT molecular complexity index is 942. The lowest BCUT2D eigenvalue weighted by Crippen LogP contribution is -2.35. The molecule has 3 rings (SSSR count). The van der Waals surface area contributed by atoms with Crippen molar-refractivity contribution in [3.8, 4) is 5.75 Å². The number of benzene rings is 2. The number of anilines is 1. The molecule has 29 heavy (non-hydrogen) atoms. The Hall–Kier alpha value is -2.84. The second-order valence-electron chi connectivity index (χ2n) is 6.82. The number of hydrogen-bond acceptors (Lipinski definition) is 7. The predicted octanol–water partition coefficient (Wildman–Crippen LogP) is 3.68. The summed E-state index contributed by atoms with van der Waals surface area (Å²) < 4.78 is 22.5. The van der Waals surface area contributed by atoms with Gasteiger partial charge in [0, 0.05) is 29.6 Å². The maximum Gasteiger partial charge on any atom is 0.203 e. The van der Waals surface area contributed by atoms with Crippen LogP contribution in [0.15, 0.2) is 48.5 Å². The van der Waals surface area contributed by atoms with Gasteiger partial charge in [0.1, 0.15) is 17.4 Å². The highest BCUT2D eigenvalue weighted by Gasteiger charge is 2.23. The normalized spacial score (nSPS) is 13.0. The van der Waals surface area contributed by atoms with Crippen LogP contribution >= 0.6 is 11.5 Å². The first kappa shape index (κ1) is 20.9. The summed E-state index contributed by atoms with van der Waals surface area (Å²) in [5, 5.41) is 3.73. The van der Waals surface area contributed by atoms with Gasteiger partial charge in [-0.2, -0.15) is 4.37 Å². The lowest BCUT2D eigenvalue weighted by atomic mass is 9.99. The summed E-state index contributed by atoms with van der Waals surface area (Å²) in [4.78, 5) is 17.4. The fourth-order valence-corrected chi connectivity index (χ4v) is 3.52. The minimum absolute atomic E-state index is 0.0692. The van der Waals surface area contributed by atoms with Gasteiger partial charge in [0.05, 0.1) is 13.2 Å². The highest BCUT2D eigenvalue weighted by Crippen LogP contribution is 2.20. The van der Waals surface area contributed by atoms with Crippen LogP contribution in [0.5, 0.6) is 5.75 Å². The summed E-state index contributed by atoms with van der Waals surface area (Å²) in [6.07, 6.45) is 0.945. The molecule has 0 saturated carbocycles. The van der Waals surface area contributed by atoms with Crippen LogP contribution in [0.4, 0.5) is 9.52 Å². The van der Waals surface area contributed by atoms with E-state index < -0.39 is 6.04 Å². The number of aromatic nitrogens is 2. The maximum atomic E-state index is 13.0. The molecular formula is C21H23FN4O2S. The molecule has 3 aromatic rings. The number of nitrogens with two attached hydrogens (primary N) is 1. The largest absolute Gasteiger partial charge is 0.497 e. The van der Waals surface area contributed by atoms with E-state index in [0.717, 1.165) is 5.56 Å². The van der Waals surface area contributed by atoms with Gasteiger partial charge < -0.3 is 15.8 Å². The maximum absolute atomic E-state index is 13.0. The second kappa shape index (κ2) is 9.58. The summed E-state index contributed by atoms with van der Waals surface area (Å²) >= 11 is 1.19. The Balaban J connectivity index is 1.71. The van der Waals surface area contributed by atoms with Crippen molar-refractivity contribution in [2.45, 2.75) is 31.8 Å². The van der Waals surface area contributed by atoms with Crippen LogP contribution in [0.25, 0.3) is 0 Å². The first-order valence-electron chi connectivity index (χ1n) is 9.22. The molecule has 0 bridgehead atoms. The molecule has 0 radical (unpaired) electrons. The summed E-state index contributed by atoms with van der Waals surface area (Å²) in [5.74, 6) is 0.951. The number of nitrogens with one attached hydrogen (secondary N) is 1. The first-order valence-corrected chi connectivity index (χ1v) is 9.99. The van der Waals surface area contributed by atoms with Gasteiger partial charge in [-0.15, -0.1) is 0 Å². The van der Waals surface area contributed by atoms with Gasteiger partial charge in [-0.3, -0.25) is 4.79 Å². The Morgan fingerprint density at radius 2 is 1.90 bits per heavy atom. The highest BCUT2D eigenvalue weighted by atomic mass is 32.1. The molecular weight excluding hydrogens is 391 g/mol. The number of ether oxygens (including phenoxy) is 1. The quantitative estimate of drug-likeness (QED) is 0.519. The van der Waals surface area contributed by atoms with Gasteiger partial charge in [-0.25, -0.2) is 9.37 Å². The third-order valence-corrected chi connectivity index (χ3v) is 5.02. The molecule has 2 atom stereocenters. The summed E-state index contributed by atoms with van der Waals surface area (Å²) in [6, 6.07) is 12.5. The van der Waals surface area contributed by atoms with Crippen LogP contribution < -0.4 is 15.8 Å². The molecule has 8 heteroatoms. The molecule has 6 nitrogen and oxygen atoms in total. The Morgan fingerprint density at radius 3 is 2.52 bits per heavy atom. The minimum atomic E-state index is -0.519. The Kier molecular flexibility index (Phi) is 6.90. The van der Waals surface area contributed by atoms with Crippen LogP contribution in [0, 0.1) is 5.82 Å². The van der Waals surface area contributed by atoms with E-state index in [0.29, 0.717) is 35.1 Å². The van der Waals surface area contributed by atoms with Crippen LogP contribution in [-0.2, 0) is 6.42 Å². The summed E-state index contributed by atoms with van der Waals surface area (Å²) in [7, 11) is 1.58. The molecule has 152 valence electrons. The first-order chi connectivity index (χ1) is 13.9. The third-order valence-electron chi connectivity index (χ3n) is 4.34. The fraction of sp³-hybridized carbons (Fsp3) is 0.286. The standard InChI is InChI=1S/C21H23FN4O2S/c1-13(23)11-18(20(27)15-5-9-17(28-2)10-6-15)24-21-25-19(26-29-21)12-14-3-7-16(22)8-4-14/h3-10,13,18H,11-12,23H2,1-2H3,(H,24,25,26). The summed E-state index contributed by atoms with van der Waals surface area (Å²) in [6.45, 7) is 1.86. The van der Waals surface area contributed by atoms with Crippen molar-refractivity contribution < 1.29 is 13.9 Å². The average Bonchev–Trinajstić information content (AvgIpc) is 3.15. The number of carbonyl (C=O) groups excluding carboxylic acids is 1. The van der Waals surface area contributed by atoms with Crippen LogP contribution in [0.2, 0.25) is 0 Å². The van der Waals surface area contributed by atoms with Gasteiger partial charge in [0.2, 0.25) is 5.13 Å². The van der Waals surface area contributed by atoms with Crippen molar-refractivity contribution in [2.75, 3.05) is 12.4 Å². The number of hydrogen-bond donors (Lipinski definition) is 2. The third kappa shape index (κ3) is 5.82. The molecule has 1 heterocycles. The lowest BCUT2D eigenvalue weighted by molar-refractivity contribution is 0.0963. The van der Waals surface area contributed by atoms with Crippen molar-refractivity contribution in [3.63, 3.8) is 0 Å². The molecule has 0 spiro atoms. The number of methoxy groups -OCH3 is 1. The van der Waals surface area contributed by atoms with Crippen molar-refractivity contribution in [1.29, 1.82) is 0 Å². The van der Waals surface area contributed by atoms with Crippen molar-refractivity contribution in [1.82, 2.24) is 9.36 Å². The number of Topliss-reactive ketones (excluding diaryl/α,β-unsaturated/α-hetero) is 1. The molecule has 3 N–H and O–H groups in total. The van der Waals surface area contributed by atoms with E-state index in [2.05, 4.69) is 14.7 Å². The van der Waals surface area contributed by atoms with E-state index in [1.165, 1.54) is 23.7 Å². The molecule has 0 fully saturated rings. The van der Waals surface area contributed by atoms with E-state index in [9.17, 15) is 9.18 Å². The molecule has 1 aromatic heterocycles. The van der Waals surface area contributed by atoms with E-state index in [-0.39, 0.29) is 17.6 Å². The molecule has 0 amide bonds. The van der Waals surface area contributed by atoms with E-state index in [4.69, 9.17) is 10.5 Å². The van der Waals surface area contributed by atoms with Crippen molar-refractivity contribution in [2.24, 2.45) is 5.73 Å². The number of halogens is 1. The fourth-order valence-electron chi connectivity index (χ4n) is 2.88. The monoisotopic (exact) mass is 414 g/mol. The molecule has 2 unspecified atom stereocenters. The van der Waals surface area contributed by atoms with E-state index in [1.807, 2.05) is 6.92 Å².